The van der Waals surface area contributed by atoms with E-state index in [1.807, 2.05) is 19.0 Å². The van der Waals surface area contributed by atoms with Crippen LogP contribution in [0.5, 0.6) is 0 Å². The lowest BCUT2D eigenvalue weighted by Crippen LogP contribution is -2.34. The van der Waals surface area contributed by atoms with Crippen molar-refractivity contribution in [1.29, 1.82) is 0 Å². The zero-order valence-corrected chi connectivity index (χ0v) is 16.6. The molecule has 1 heterocycles. The second-order valence-corrected chi connectivity index (χ2v) is 6.88. The SMILES string of the molecule is CCN(CCN(C)C)c1nc(Nc2ccc(Cl)c(Cl)c2)ncc1C(F)(F)F. The zero-order chi connectivity index (χ0) is 20.2. The molecule has 0 aliphatic heterocycles. The molecule has 1 N–H and O–H groups in total. The topological polar surface area (TPSA) is 44.3 Å². The molecule has 1 aromatic carbocycles. The minimum Gasteiger partial charge on any atom is -0.355 e. The standard InChI is InChI=1S/C17H20Cl2F3N5/c1-4-27(8-7-26(2)3)15-12(17(20,21)22)10-23-16(25-15)24-11-5-6-13(18)14(19)9-11/h5-6,9-10H,4,7-8H2,1-3H3,(H,23,24,25). The molecular weight excluding hydrogens is 402 g/mol. The van der Waals surface area contributed by atoms with Gasteiger partial charge in [0, 0.05) is 31.5 Å². The van der Waals surface area contributed by atoms with Crippen LogP contribution in [0.15, 0.2) is 24.4 Å². The van der Waals surface area contributed by atoms with E-state index in [9.17, 15) is 13.2 Å². The molecule has 0 aliphatic carbocycles. The highest BCUT2D eigenvalue weighted by molar-refractivity contribution is 6.42. The van der Waals surface area contributed by atoms with E-state index in [1.54, 1.807) is 30.0 Å². The number of hydrogen-bond donors (Lipinski definition) is 1. The van der Waals surface area contributed by atoms with Crippen LogP contribution in [-0.4, -0.2) is 48.6 Å². The third-order valence-corrected chi connectivity index (χ3v) is 4.49. The third kappa shape index (κ3) is 5.85. The van der Waals surface area contributed by atoms with Gasteiger partial charge in [0.15, 0.2) is 0 Å². The summed E-state index contributed by atoms with van der Waals surface area (Å²) in [6, 6.07) is 4.76. The van der Waals surface area contributed by atoms with Crippen molar-refractivity contribution in [3.05, 3.63) is 40.0 Å². The van der Waals surface area contributed by atoms with Crippen LogP contribution in [0.1, 0.15) is 12.5 Å². The minimum absolute atomic E-state index is 0.0414. The van der Waals surface area contributed by atoms with Gasteiger partial charge in [0.2, 0.25) is 5.95 Å². The number of nitrogens with one attached hydrogen (secondary N) is 1. The number of aromatic nitrogens is 2. The normalized spacial score (nSPS) is 11.7. The number of nitrogens with zero attached hydrogens (tertiary/aromatic N) is 4. The maximum absolute atomic E-state index is 13.4. The van der Waals surface area contributed by atoms with Crippen molar-refractivity contribution in [2.45, 2.75) is 13.1 Å². The van der Waals surface area contributed by atoms with Crippen LogP contribution in [0.3, 0.4) is 0 Å². The van der Waals surface area contributed by atoms with E-state index in [1.165, 1.54) is 0 Å². The maximum Gasteiger partial charge on any atom is 0.421 e. The number of alkyl halides is 3. The Hall–Kier alpha value is -1.77. The molecule has 0 radical (unpaired) electrons. The van der Waals surface area contributed by atoms with Crippen molar-refractivity contribution >= 4 is 40.7 Å². The Labute approximate surface area is 166 Å². The van der Waals surface area contributed by atoms with Crippen molar-refractivity contribution in [2.24, 2.45) is 0 Å². The Morgan fingerprint density at radius 1 is 1.11 bits per heavy atom. The Morgan fingerprint density at radius 2 is 1.81 bits per heavy atom. The highest BCUT2D eigenvalue weighted by Gasteiger charge is 2.36. The molecule has 5 nitrogen and oxygen atoms in total. The smallest absolute Gasteiger partial charge is 0.355 e. The van der Waals surface area contributed by atoms with Crippen LogP contribution < -0.4 is 10.2 Å². The molecule has 0 atom stereocenters. The van der Waals surface area contributed by atoms with Crippen LogP contribution >= 0.6 is 23.2 Å². The third-order valence-electron chi connectivity index (χ3n) is 3.75. The molecule has 0 saturated heterocycles. The van der Waals surface area contributed by atoms with Gasteiger partial charge in [-0.15, -0.1) is 0 Å². The van der Waals surface area contributed by atoms with E-state index in [2.05, 4.69) is 15.3 Å². The molecule has 10 heteroatoms. The minimum atomic E-state index is -4.55. The highest BCUT2D eigenvalue weighted by atomic mass is 35.5. The Balaban J connectivity index is 2.38. The van der Waals surface area contributed by atoms with Gasteiger partial charge in [-0.25, -0.2) is 4.98 Å². The second kappa shape index (κ2) is 8.95. The molecule has 148 valence electrons. The molecule has 0 spiro atoms. The van der Waals surface area contributed by atoms with E-state index in [0.29, 0.717) is 35.4 Å². The lowest BCUT2D eigenvalue weighted by Gasteiger charge is -2.26. The molecule has 0 bridgehead atoms. The largest absolute Gasteiger partial charge is 0.421 e. The molecule has 2 rings (SSSR count). The average molecular weight is 422 g/mol. The van der Waals surface area contributed by atoms with Gasteiger partial charge in [0.25, 0.3) is 0 Å². The molecule has 0 unspecified atom stereocenters. The summed E-state index contributed by atoms with van der Waals surface area (Å²) >= 11 is 11.8. The lowest BCUT2D eigenvalue weighted by atomic mass is 10.2. The molecule has 0 saturated carbocycles. The molecular formula is C17H20Cl2F3N5. The van der Waals surface area contributed by atoms with Crippen molar-refractivity contribution < 1.29 is 13.2 Å². The molecule has 1 aromatic heterocycles. The van der Waals surface area contributed by atoms with Gasteiger partial charge in [-0.2, -0.15) is 18.2 Å². The maximum atomic E-state index is 13.4. The van der Waals surface area contributed by atoms with Gasteiger partial charge in [0.1, 0.15) is 11.4 Å². The first-order chi connectivity index (χ1) is 12.6. The fourth-order valence-corrected chi connectivity index (χ4v) is 2.61. The van der Waals surface area contributed by atoms with Crippen molar-refractivity contribution in [3.8, 4) is 0 Å². The number of anilines is 3. The van der Waals surface area contributed by atoms with Crippen LogP contribution in [0, 0.1) is 0 Å². The average Bonchev–Trinajstić information content (AvgIpc) is 2.58. The zero-order valence-electron chi connectivity index (χ0n) is 15.1. The van der Waals surface area contributed by atoms with Crippen LogP contribution in [0.25, 0.3) is 0 Å². The van der Waals surface area contributed by atoms with Crippen LogP contribution in [0.4, 0.5) is 30.6 Å². The summed E-state index contributed by atoms with van der Waals surface area (Å²) in [5, 5.41) is 3.55. The molecule has 2 aromatic rings. The molecule has 0 fully saturated rings. The summed E-state index contributed by atoms with van der Waals surface area (Å²) in [7, 11) is 3.71. The van der Waals surface area contributed by atoms with E-state index < -0.39 is 11.7 Å². The monoisotopic (exact) mass is 421 g/mol. The fraction of sp³-hybridized carbons (Fsp3) is 0.412. The van der Waals surface area contributed by atoms with Gasteiger partial charge in [-0.05, 0) is 39.2 Å². The summed E-state index contributed by atoms with van der Waals surface area (Å²) in [5.41, 5.74) is -0.353. The number of likely N-dealkylation sites (N-methyl/N-ethyl adjacent to an activating group) is 2. The predicted octanol–water partition coefficient (Wildman–Crippen LogP) is 4.93. The van der Waals surface area contributed by atoms with Gasteiger partial charge >= 0.3 is 6.18 Å². The predicted molar refractivity (Wildman–Crippen MR) is 103 cm³/mol. The number of rotatable bonds is 7. The Bertz CT molecular complexity index is 784. The molecule has 0 amide bonds. The van der Waals surface area contributed by atoms with E-state index in [4.69, 9.17) is 23.2 Å². The Kier molecular flexibility index (Phi) is 7.13. The van der Waals surface area contributed by atoms with Crippen molar-refractivity contribution in [3.63, 3.8) is 0 Å². The quantitative estimate of drug-likeness (QED) is 0.686. The van der Waals surface area contributed by atoms with E-state index >= 15 is 0 Å². The van der Waals surface area contributed by atoms with Gasteiger partial charge in [-0.3, -0.25) is 0 Å². The first-order valence-electron chi connectivity index (χ1n) is 8.17. The summed E-state index contributed by atoms with van der Waals surface area (Å²) in [5.74, 6) is -0.121. The fourth-order valence-electron chi connectivity index (χ4n) is 2.31. The summed E-state index contributed by atoms with van der Waals surface area (Å²) in [4.78, 5) is 11.4. The van der Waals surface area contributed by atoms with E-state index in [0.717, 1.165) is 6.20 Å². The lowest BCUT2D eigenvalue weighted by molar-refractivity contribution is -0.137. The second-order valence-electron chi connectivity index (χ2n) is 6.07. The van der Waals surface area contributed by atoms with Crippen LogP contribution in [0.2, 0.25) is 10.0 Å². The van der Waals surface area contributed by atoms with Crippen LogP contribution in [-0.2, 0) is 6.18 Å². The summed E-state index contributed by atoms with van der Waals surface area (Å²) < 4.78 is 40.3. The van der Waals surface area contributed by atoms with Crippen molar-refractivity contribution in [2.75, 3.05) is 43.9 Å². The van der Waals surface area contributed by atoms with Crippen molar-refractivity contribution in [1.82, 2.24) is 14.9 Å². The summed E-state index contributed by atoms with van der Waals surface area (Å²) in [6.07, 6.45) is -3.76. The highest BCUT2D eigenvalue weighted by Crippen LogP contribution is 2.36. The molecule has 27 heavy (non-hydrogen) atoms. The first kappa shape index (κ1) is 21.5. The number of benzene rings is 1. The Morgan fingerprint density at radius 3 is 2.37 bits per heavy atom. The van der Waals surface area contributed by atoms with Gasteiger partial charge in [-0.1, -0.05) is 23.2 Å². The van der Waals surface area contributed by atoms with E-state index in [-0.39, 0.29) is 11.8 Å². The number of hydrogen-bond acceptors (Lipinski definition) is 5. The number of halogens is 5. The first-order valence-corrected chi connectivity index (χ1v) is 8.93. The van der Waals surface area contributed by atoms with Gasteiger partial charge < -0.3 is 15.1 Å². The summed E-state index contributed by atoms with van der Waals surface area (Å²) in [6.45, 7) is 3.14. The molecule has 0 aliphatic rings. The van der Waals surface area contributed by atoms with Gasteiger partial charge in [0.05, 0.1) is 10.0 Å².